The van der Waals surface area contributed by atoms with Gasteiger partial charge in [0.2, 0.25) is 5.79 Å². The number of aliphatic hydroxyl groups is 2. The van der Waals surface area contributed by atoms with E-state index in [1.807, 2.05) is 20.8 Å². The molecule has 3 rings (SSSR count). The molecule has 2 N–H and O–H groups in total. The zero-order valence-corrected chi connectivity index (χ0v) is 20.9. The molecule has 3 saturated heterocycles. The van der Waals surface area contributed by atoms with Crippen LogP contribution in [0.15, 0.2) is 12.2 Å². The summed E-state index contributed by atoms with van der Waals surface area (Å²) in [5.41, 5.74) is -1.85. The molecule has 3 fully saturated rings. The summed E-state index contributed by atoms with van der Waals surface area (Å²) in [5, 5.41) is 23.4. The van der Waals surface area contributed by atoms with E-state index in [-0.39, 0.29) is 17.9 Å². The summed E-state index contributed by atoms with van der Waals surface area (Å²) < 4.78 is 23.2. The van der Waals surface area contributed by atoms with Gasteiger partial charge < -0.3 is 29.2 Å². The highest BCUT2D eigenvalue weighted by atomic mass is 16.7. The summed E-state index contributed by atoms with van der Waals surface area (Å²) in [7, 11) is 0. The maximum Gasteiger partial charge on any atom is 0.334 e. The number of hydrogen-bond donors (Lipinski definition) is 2. The van der Waals surface area contributed by atoms with E-state index in [4.69, 9.17) is 18.9 Å². The first-order valence-electron chi connectivity index (χ1n) is 12.2. The summed E-state index contributed by atoms with van der Waals surface area (Å²) in [6.45, 7) is 14.3. The molecule has 3 aliphatic heterocycles. The van der Waals surface area contributed by atoms with Crippen molar-refractivity contribution in [1.82, 2.24) is 0 Å². The van der Waals surface area contributed by atoms with Crippen LogP contribution < -0.4 is 0 Å². The maximum atomic E-state index is 12.8. The topological polar surface area (TPSA) is 129 Å². The van der Waals surface area contributed by atoms with Crippen LogP contribution in [-0.4, -0.2) is 63.9 Å². The van der Waals surface area contributed by atoms with Gasteiger partial charge in [-0.3, -0.25) is 9.59 Å². The van der Waals surface area contributed by atoms with Crippen molar-refractivity contribution in [3.8, 4) is 0 Å². The third-order valence-corrected chi connectivity index (χ3v) is 7.51. The van der Waals surface area contributed by atoms with Crippen molar-refractivity contribution in [2.24, 2.45) is 23.7 Å². The van der Waals surface area contributed by atoms with Crippen LogP contribution >= 0.6 is 0 Å². The van der Waals surface area contributed by atoms with Crippen molar-refractivity contribution >= 4 is 17.9 Å². The van der Waals surface area contributed by atoms with Crippen LogP contribution in [-0.2, 0) is 33.3 Å². The molecule has 34 heavy (non-hydrogen) atoms. The van der Waals surface area contributed by atoms with E-state index in [2.05, 4.69) is 6.58 Å². The second kappa shape index (κ2) is 9.59. The average Bonchev–Trinajstić information content (AvgIpc) is 3.03. The SMILES string of the molecule is C=C1C(=O)O[C@H]2[C@@H]1[C@@H](OC(=O)CC(C)C)[C@@]1(O)O[C@H](CC[C@H]1C)[C@](C)(O)[C@@H]2OC(=O)C(C)CC. The van der Waals surface area contributed by atoms with Gasteiger partial charge in [0.25, 0.3) is 0 Å². The van der Waals surface area contributed by atoms with Crippen molar-refractivity contribution in [3.63, 3.8) is 0 Å². The number of fused-ring (bicyclic) bond motifs is 3. The van der Waals surface area contributed by atoms with Crippen molar-refractivity contribution in [1.29, 1.82) is 0 Å². The molecule has 0 aromatic rings. The third kappa shape index (κ3) is 4.62. The van der Waals surface area contributed by atoms with Gasteiger partial charge in [-0.05, 0) is 32.1 Å². The Hall–Kier alpha value is -1.97. The molecule has 1 unspecified atom stereocenters. The molecule has 3 heterocycles. The van der Waals surface area contributed by atoms with E-state index in [1.165, 1.54) is 6.92 Å². The number of ether oxygens (including phenoxy) is 4. The predicted molar refractivity (Wildman–Crippen MR) is 120 cm³/mol. The van der Waals surface area contributed by atoms with Gasteiger partial charge in [-0.15, -0.1) is 0 Å². The highest BCUT2D eigenvalue weighted by molar-refractivity contribution is 5.91. The molecule has 192 valence electrons. The Morgan fingerprint density at radius 1 is 1.18 bits per heavy atom. The molecule has 9 nitrogen and oxygen atoms in total. The lowest BCUT2D eigenvalue weighted by molar-refractivity contribution is -0.368. The van der Waals surface area contributed by atoms with Gasteiger partial charge >= 0.3 is 17.9 Å². The lowest BCUT2D eigenvalue weighted by atomic mass is 9.70. The van der Waals surface area contributed by atoms with Gasteiger partial charge in [-0.1, -0.05) is 41.2 Å². The van der Waals surface area contributed by atoms with Crippen molar-refractivity contribution in [2.45, 2.75) is 103 Å². The molecule has 0 saturated carbocycles. The van der Waals surface area contributed by atoms with Gasteiger partial charge in [0.15, 0.2) is 18.3 Å². The second-order valence-electron chi connectivity index (χ2n) is 10.7. The molecule has 0 amide bonds. The minimum absolute atomic E-state index is 0.00132. The number of carbonyl (C=O) groups is 3. The molecule has 0 aromatic heterocycles. The van der Waals surface area contributed by atoms with Crippen LogP contribution in [0.25, 0.3) is 0 Å². The molecular weight excluding hydrogens is 444 g/mol. The first kappa shape index (κ1) is 26.6. The van der Waals surface area contributed by atoms with E-state index in [1.54, 1.807) is 13.8 Å². The Labute approximate surface area is 200 Å². The van der Waals surface area contributed by atoms with E-state index in [9.17, 15) is 24.6 Å². The summed E-state index contributed by atoms with van der Waals surface area (Å²) in [6, 6.07) is 0. The van der Waals surface area contributed by atoms with Crippen LogP contribution in [0.4, 0.5) is 0 Å². The fourth-order valence-corrected chi connectivity index (χ4v) is 5.03. The minimum Gasteiger partial charge on any atom is -0.456 e. The maximum absolute atomic E-state index is 12.8. The molecule has 0 radical (unpaired) electrons. The van der Waals surface area contributed by atoms with Gasteiger partial charge in [0.1, 0.15) is 5.60 Å². The summed E-state index contributed by atoms with van der Waals surface area (Å²) in [4.78, 5) is 38.2. The number of rotatable bonds is 6. The van der Waals surface area contributed by atoms with E-state index in [0.717, 1.165) is 0 Å². The van der Waals surface area contributed by atoms with Crippen LogP contribution in [0.1, 0.15) is 67.2 Å². The standard InChI is InChI=1S/C25H38O9/c1-8-13(4)22(27)33-21-19-18(15(6)23(28)32-19)20(31-17(26)11-12(2)3)25(30)14(5)9-10-16(34-25)24(21,7)29/h12-14,16,18-21,29-30H,6,8-11H2,1-5,7H3/t13?,14-,16-,18-,19+,20-,21-,24+,25+/m1/s1. The van der Waals surface area contributed by atoms with E-state index >= 15 is 0 Å². The zero-order chi connectivity index (χ0) is 25.6. The van der Waals surface area contributed by atoms with Crippen molar-refractivity contribution < 1.29 is 43.5 Å². The van der Waals surface area contributed by atoms with E-state index < -0.39 is 71.5 Å². The van der Waals surface area contributed by atoms with Crippen molar-refractivity contribution in [3.05, 3.63) is 12.2 Å². The molecule has 0 aromatic carbocycles. The van der Waals surface area contributed by atoms with Crippen LogP contribution in [0, 0.1) is 23.7 Å². The Morgan fingerprint density at radius 2 is 1.82 bits per heavy atom. The molecule has 2 bridgehead atoms. The fraction of sp³-hybridized carbons (Fsp3) is 0.800. The normalized spacial score (nSPS) is 40.6. The zero-order valence-electron chi connectivity index (χ0n) is 20.9. The first-order valence-corrected chi connectivity index (χ1v) is 12.2. The largest absolute Gasteiger partial charge is 0.456 e. The van der Waals surface area contributed by atoms with Gasteiger partial charge in [-0.25, -0.2) is 4.79 Å². The second-order valence-corrected chi connectivity index (χ2v) is 10.7. The third-order valence-electron chi connectivity index (χ3n) is 7.51. The first-order chi connectivity index (χ1) is 15.7. The smallest absolute Gasteiger partial charge is 0.334 e. The summed E-state index contributed by atoms with van der Waals surface area (Å²) in [5.74, 6) is -5.94. The average molecular weight is 483 g/mol. The quantitative estimate of drug-likeness (QED) is 0.333. The highest BCUT2D eigenvalue weighted by Gasteiger charge is 2.67. The minimum atomic E-state index is -2.01. The predicted octanol–water partition coefficient (Wildman–Crippen LogP) is 2.27. The summed E-state index contributed by atoms with van der Waals surface area (Å²) >= 11 is 0. The van der Waals surface area contributed by atoms with Crippen LogP contribution in [0.5, 0.6) is 0 Å². The van der Waals surface area contributed by atoms with E-state index in [0.29, 0.717) is 19.3 Å². The Kier molecular flexibility index (Phi) is 7.51. The van der Waals surface area contributed by atoms with Crippen LogP contribution in [0.2, 0.25) is 0 Å². The Bertz CT molecular complexity index is 834. The Morgan fingerprint density at radius 3 is 2.41 bits per heavy atom. The lowest BCUT2D eigenvalue weighted by Gasteiger charge is -2.54. The molecule has 9 atom stereocenters. The number of esters is 3. The molecule has 9 heteroatoms. The molecule has 0 aliphatic carbocycles. The van der Waals surface area contributed by atoms with Crippen molar-refractivity contribution in [2.75, 3.05) is 0 Å². The molecular formula is C25H38O9. The van der Waals surface area contributed by atoms with Crippen LogP contribution in [0.3, 0.4) is 0 Å². The highest BCUT2D eigenvalue weighted by Crippen LogP contribution is 2.50. The summed E-state index contributed by atoms with van der Waals surface area (Å²) in [6.07, 6.45) is -3.45. The van der Waals surface area contributed by atoms with Gasteiger partial charge in [0.05, 0.1) is 17.9 Å². The van der Waals surface area contributed by atoms with Gasteiger partial charge in [-0.2, -0.15) is 0 Å². The number of carbonyl (C=O) groups excluding carboxylic acids is 3. The Balaban J connectivity index is 2.12. The van der Waals surface area contributed by atoms with Gasteiger partial charge in [0, 0.05) is 17.9 Å². The monoisotopic (exact) mass is 482 g/mol. The molecule has 3 aliphatic rings. The molecule has 0 spiro atoms. The lowest BCUT2D eigenvalue weighted by Crippen LogP contribution is -2.70. The number of hydrogen-bond acceptors (Lipinski definition) is 9. The fourth-order valence-electron chi connectivity index (χ4n) is 5.03.